The molecule has 0 amide bonds. The lowest BCUT2D eigenvalue weighted by atomic mass is 10.2. The maximum Gasteiger partial charge on any atom is 0.0318 e. The minimum atomic E-state index is 0.606. The fourth-order valence-electron chi connectivity index (χ4n) is 1.30. The smallest absolute Gasteiger partial charge is 0.0318 e. The number of anilines is 1. The van der Waals surface area contributed by atoms with Crippen molar-refractivity contribution in [2.45, 2.75) is 30.5 Å². The van der Waals surface area contributed by atoms with Crippen LogP contribution in [0.1, 0.15) is 19.4 Å². The molecule has 78 valence electrons. The van der Waals surface area contributed by atoms with E-state index in [9.17, 15) is 0 Å². The van der Waals surface area contributed by atoms with Crippen LogP contribution in [0.5, 0.6) is 0 Å². The number of rotatable bonds is 4. The molecule has 0 aliphatic carbocycles. The Morgan fingerprint density at radius 1 is 1.43 bits per heavy atom. The summed E-state index contributed by atoms with van der Waals surface area (Å²) in [6.07, 6.45) is 0. The normalized spacial score (nSPS) is 10.9. The maximum absolute atomic E-state index is 5.75. The molecule has 0 saturated heterocycles. The van der Waals surface area contributed by atoms with Crippen molar-refractivity contribution in [2.75, 3.05) is 12.8 Å². The molecular weight excluding hydrogens is 192 g/mol. The first kappa shape index (κ1) is 11.4. The van der Waals surface area contributed by atoms with Gasteiger partial charge in [-0.25, -0.2) is 0 Å². The highest BCUT2D eigenvalue weighted by molar-refractivity contribution is 8.00. The van der Waals surface area contributed by atoms with Crippen LogP contribution in [0, 0.1) is 0 Å². The summed E-state index contributed by atoms with van der Waals surface area (Å²) in [7, 11) is 1.95. The van der Waals surface area contributed by atoms with Gasteiger partial charge in [-0.2, -0.15) is 0 Å². The van der Waals surface area contributed by atoms with E-state index in [-0.39, 0.29) is 0 Å². The zero-order valence-corrected chi connectivity index (χ0v) is 9.82. The van der Waals surface area contributed by atoms with Crippen LogP contribution in [-0.2, 0) is 6.54 Å². The topological polar surface area (TPSA) is 38.0 Å². The van der Waals surface area contributed by atoms with Crippen LogP contribution in [0.4, 0.5) is 5.69 Å². The Kier molecular flexibility index (Phi) is 4.29. The van der Waals surface area contributed by atoms with Crippen LogP contribution in [0.15, 0.2) is 23.1 Å². The molecule has 3 N–H and O–H groups in total. The van der Waals surface area contributed by atoms with Crippen molar-refractivity contribution in [2.24, 2.45) is 0 Å². The van der Waals surface area contributed by atoms with Gasteiger partial charge in [-0.3, -0.25) is 0 Å². The number of nitrogens with two attached hydrogens (primary N) is 1. The number of benzene rings is 1. The minimum Gasteiger partial charge on any atom is -0.399 e. The first-order valence-electron chi connectivity index (χ1n) is 4.83. The van der Waals surface area contributed by atoms with Gasteiger partial charge in [0.1, 0.15) is 0 Å². The van der Waals surface area contributed by atoms with E-state index in [0.717, 1.165) is 12.2 Å². The predicted molar refractivity (Wildman–Crippen MR) is 64.6 cm³/mol. The van der Waals surface area contributed by atoms with Gasteiger partial charge in [0.15, 0.2) is 0 Å². The van der Waals surface area contributed by atoms with Crippen LogP contribution in [-0.4, -0.2) is 12.3 Å². The van der Waals surface area contributed by atoms with Crippen molar-refractivity contribution in [1.29, 1.82) is 0 Å². The molecule has 2 nitrogen and oxygen atoms in total. The second kappa shape index (κ2) is 5.27. The van der Waals surface area contributed by atoms with Crippen LogP contribution in [0.3, 0.4) is 0 Å². The molecule has 0 saturated carbocycles. The standard InChI is InChI=1S/C11H18N2S/c1-8(2)14-11-5-4-10(12)6-9(11)7-13-3/h4-6,8,13H,7,12H2,1-3H3. The zero-order chi connectivity index (χ0) is 10.6. The van der Waals surface area contributed by atoms with Crippen molar-refractivity contribution in [3.8, 4) is 0 Å². The molecule has 0 aliphatic rings. The van der Waals surface area contributed by atoms with Gasteiger partial charge in [0.25, 0.3) is 0 Å². The second-order valence-corrected chi connectivity index (χ2v) is 5.18. The Labute approximate surface area is 90.3 Å². The van der Waals surface area contributed by atoms with Crippen molar-refractivity contribution < 1.29 is 0 Å². The van der Waals surface area contributed by atoms with Crippen LogP contribution in [0.2, 0.25) is 0 Å². The van der Waals surface area contributed by atoms with Crippen LogP contribution < -0.4 is 11.1 Å². The monoisotopic (exact) mass is 210 g/mol. The molecule has 0 spiro atoms. The fourth-order valence-corrected chi connectivity index (χ4v) is 2.23. The Balaban J connectivity index is 2.89. The minimum absolute atomic E-state index is 0.606. The number of thioether (sulfide) groups is 1. The van der Waals surface area contributed by atoms with E-state index in [0.29, 0.717) is 5.25 Å². The van der Waals surface area contributed by atoms with Gasteiger partial charge >= 0.3 is 0 Å². The third kappa shape index (κ3) is 3.24. The number of hydrogen-bond donors (Lipinski definition) is 2. The lowest BCUT2D eigenvalue weighted by Crippen LogP contribution is -2.07. The third-order valence-electron chi connectivity index (χ3n) is 1.81. The lowest BCUT2D eigenvalue weighted by molar-refractivity contribution is 0.803. The van der Waals surface area contributed by atoms with Crippen molar-refractivity contribution in [1.82, 2.24) is 5.32 Å². The number of nitrogens with one attached hydrogen (secondary N) is 1. The van der Waals surface area contributed by atoms with Crippen LogP contribution in [0.25, 0.3) is 0 Å². The summed E-state index contributed by atoms with van der Waals surface area (Å²) >= 11 is 1.88. The first-order chi connectivity index (χ1) is 6.63. The molecule has 0 radical (unpaired) electrons. The van der Waals surface area contributed by atoms with Gasteiger partial charge in [0.05, 0.1) is 0 Å². The highest BCUT2D eigenvalue weighted by atomic mass is 32.2. The summed E-state index contributed by atoms with van der Waals surface area (Å²) in [5.41, 5.74) is 7.87. The molecule has 0 atom stereocenters. The molecule has 3 heteroatoms. The van der Waals surface area contributed by atoms with E-state index < -0.39 is 0 Å². The SMILES string of the molecule is CNCc1cc(N)ccc1SC(C)C. The molecule has 0 fully saturated rings. The third-order valence-corrected chi connectivity index (χ3v) is 2.94. The van der Waals surface area contributed by atoms with E-state index >= 15 is 0 Å². The van der Waals surface area contributed by atoms with Gasteiger partial charge in [0, 0.05) is 22.4 Å². The Morgan fingerprint density at radius 2 is 2.14 bits per heavy atom. The molecule has 14 heavy (non-hydrogen) atoms. The summed E-state index contributed by atoms with van der Waals surface area (Å²) in [4.78, 5) is 1.32. The Bertz CT molecular complexity index is 297. The van der Waals surface area contributed by atoms with E-state index in [1.807, 2.05) is 30.9 Å². The first-order valence-corrected chi connectivity index (χ1v) is 5.71. The maximum atomic E-state index is 5.75. The van der Waals surface area contributed by atoms with Crippen molar-refractivity contribution in [3.63, 3.8) is 0 Å². The van der Waals surface area contributed by atoms with Gasteiger partial charge in [0.2, 0.25) is 0 Å². The second-order valence-electron chi connectivity index (χ2n) is 3.56. The van der Waals surface area contributed by atoms with Gasteiger partial charge in [-0.15, -0.1) is 11.8 Å². The molecule has 0 aliphatic heterocycles. The summed E-state index contributed by atoms with van der Waals surface area (Å²) < 4.78 is 0. The van der Waals surface area contributed by atoms with E-state index in [2.05, 4.69) is 25.2 Å². The summed E-state index contributed by atoms with van der Waals surface area (Å²) in [6.45, 7) is 5.27. The van der Waals surface area contributed by atoms with Gasteiger partial charge < -0.3 is 11.1 Å². The molecule has 0 aromatic heterocycles. The van der Waals surface area contributed by atoms with E-state index in [1.165, 1.54) is 10.5 Å². The average molecular weight is 210 g/mol. The molecule has 0 unspecified atom stereocenters. The highest BCUT2D eigenvalue weighted by Gasteiger charge is 2.04. The average Bonchev–Trinajstić information content (AvgIpc) is 2.09. The lowest BCUT2D eigenvalue weighted by Gasteiger charge is -2.11. The zero-order valence-electron chi connectivity index (χ0n) is 9.00. The van der Waals surface area contributed by atoms with E-state index in [1.54, 1.807) is 0 Å². The largest absolute Gasteiger partial charge is 0.399 e. The fraction of sp³-hybridized carbons (Fsp3) is 0.455. The van der Waals surface area contributed by atoms with Crippen molar-refractivity contribution >= 4 is 17.4 Å². The predicted octanol–water partition coefficient (Wildman–Crippen LogP) is 2.49. The molecule has 1 rings (SSSR count). The Hall–Kier alpha value is -0.670. The quantitative estimate of drug-likeness (QED) is 0.592. The van der Waals surface area contributed by atoms with E-state index in [4.69, 9.17) is 5.73 Å². The summed E-state index contributed by atoms with van der Waals surface area (Å²) in [5, 5.41) is 3.76. The molecular formula is C11H18N2S. The highest BCUT2D eigenvalue weighted by Crippen LogP contribution is 2.28. The summed E-state index contributed by atoms with van der Waals surface area (Å²) in [5.74, 6) is 0. The van der Waals surface area contributed by atoms with Crippen molar-refractivity contribution in [3.05, 3.63) is 23.8 Å². The Morgan fingerprint density at radius 3 is 2.71 bits per heavy atom. The van der Waals surface area contributed by atoms with Gasteiger partial charge in [-0.1, -0.05) is 13.8 Å². The molecule has 0 bridgehead atoms. The number of nitrogen functional groups attached to an aromatic ring is 1. The molecule has 1 aromatic rings. The van der Waals surface area contributed by atoms with Crippen LogP contribution >= 0.6 is 11.8 Å². The number of hydrogen-bond acceptors (Lipinski definition) is 3. The molecule has 1 aromatic carbocycles. The molecule has 0 heterocycles. The van der Waals surface area contributed by atoms with Gasteiger partial charge in [-0.05, 0) is 30.8 Å². The summed E-state index contributed by atoms with van der Waals surface area (Å²) in [6, 6.07) is 6.11.